The van der Waals surface area contributed by atoms with Gasteiger partial charge in [-0.05, 0) is 72.9 Å². The number of fused-ring (bicyclic) bond motifs is 2. The molecule has 1 radical (unpaired) electrons. The molecule has 4 nitrogen and oxygen atoms in total. The molecule has 0 fully saturated rings. The van der Waals surface area contributed by atoms with Crippen molar-refractivity contribution in [3.05, 3.63) is 130 Å². The number of halogens is 2. The molecular weight excluding hydrogens is 761 g/mol. The predicted octanol–water partition coefficient (Wildman–Crippen LogP) is 12.1. The van der Waals surface area contributed by atoms with Crippen LogP contribution in [0.5, 0.6) is 0 Å². The van der Waals surface area contributed by atoms with E-state index in [4.69, 9.17) is 17.0 Å². The number of rotatable bonds is 10. The molecule has 6 aromatic carbocycles. The predicted molar refractivity (Wildman–Crippen MR) is 222 cm³/mol. The Kier molecular flexibility index (Phi) is 18.1. The molecule has 52 heavy (non-hydrogen) atoms. The number of carbonyl (C=O) groups is 2. The Balaban J connectivity index is 0.000000224. The normalized spacial score (nSPS) is 11.3. The van der Waals surface area contributed by atoms with E-state index < -0.39 is 20.8 Å². The summed E-state index contributed by atoms with van der Waals surface area (Å²) in [5.74, 6) is 1.26. The summed E-state index contributed by atoms with van der Waals surface area (Å²) < 4.78 is 0. The summed E-state index contributed by atoms with van der Waals surface area (Å²) in [5.41, 5.74) is 13.9. The van der Waals surface area contributed by atoms with Gasteiger partial charge in [0.15, 0.2) is 12.8 Å². The number of benzene rings is 4. The Bertz CT molecular complexity index is 1890. The Morgan fingerprint density at radius 2 is 0.981 bits per heavy atom. The van der Waals surface area contributed by atoms with Crippen LogP contribution < -0.4 is 10.5 Å². The number of aryl methyl sites for hydroxylation is 2. The topological polar surface area (TPSA) is 58.2 Å². The first kappa shape index (κ1) is 43.0. The van der Waals surface area contributed by atoms with Gasteiger partial charge in [0, 0.05) is 0 Å². The van der Waals surface area contributed by atoms with Gasteiger partial charge in [0.25, 0.3) is 0 Å². The van der Waals surface area contributed by atoms with Crippen LogP contribution in [0.2, 0.25) is 0 Å². The van der Waals surface area contributed by atoms with Gasteiger partial charge in [0.2, 0.25) is 0 Å². The molecule has 8 heteroatoms. The Morgan fingerprint density at radius 1 is 0.635 bits per heavy atom. The minimum absolute atomic E-state index is 0.455. The van der Waals surface area contributed by atoms with Crippen molar-refractivity contribution in [3.63, 3.8) is 0 Å². The zero-order chi connectivity index (χ0) is 38.2. The third kappa shape index (κ3) is 11.3. The van der Waals surface area contributed by atoms with Crippen molar-refractivity contribution in [3.8, 4) is 22.3 Å². The molecule has 2 unspecified atom stereocenters. The molecule has 2 atom stereocenters. The van der Waals surface area contributed by atoms with Crippen molar-refractivity contribution in [1.82, 2.24) is 10.5 Å². The zero-order valence-corrected chi connectivity index (χ0v) is 35.6. The fourth-order valence-electron chi connectivity index (χ4n) is 6.23. The van der Waals surface area contributed by atoms with Crippen LogP contribution in [0.25, 0.3) is 43.8 Å². The summed E-state index contributed by atoms with van der Waals surface area (Å²) in [5, 5.41) is 9.71. The summed E-state index contributed by atoms with van der Waals surface area (Å²) in [7, 11) is 11.0. The summed E-state index contributed by atoms with van der Waals surface area (Å²) in [6.45, 7) is 18.0. The second kappa shape index (κ2) is 21.9. The third-order valence-corrected chi connectivity index (χ3v) is 10.0. The molecule has 269 valence electrons. The fraction of sp³-hybridized carbons (Fsp3) is 0.273. The number of hydrogen-bond donors (Lipinski definition) is 2. The molecule has 0 aliphatic heterocycles. The van der Waals surface area contributed by atoms with Gasteiger partial charge in [-0.15, -0.1) is 69.1 Å². The number of nitrogens with one attached hydrogen (secondary N) is 2. The summed E-state index contributed by atoms with van der Waals surface area (Å²) >= 11 is -0.826. The van der Waals surface area contributed by atoms with Crippen molar-refractivity contribution in [1.29, 1.82) is 0 Å². The van der Waals surface area contributed by atoms with Gasteiger partial charge >= 0.3 is 45.4 Å². The minimum atomic E-state index is -0.826. The molecular formula is C44H50BCl2N2O2Zr. The van der Waals surface area contributed by atoms with Crippen LogP contribution in [0.4, 0.5) is 0 Å². The fourth-order valence-corrected chi connectivity index (χ4v) is 6.23. The molecule has 0 saturated carbocycles. The Labute approximate surface area is 330 Å². The van der Waals surface area contributed by atoms with E-state index in [-0.39, 0.29) is 0 Å². The molecule has 0 aromatic heterocycles. The molecule has 0 aliphatic carbocycles. The van der Waals surface area contributed by atoms with Crippen molar-refractivity contribution >= 4 is 58.9 Å². The van der Waals surface area contributed by atoms with E-state index >= 15 is 0 Å². The van der Waals surface area contributed by atoms with E-state index in [0.29, 0.717) is 24.7 Å². The molecule has 6 aromatic rings. The summed E-state index contributed by atoms with van der Waals surface area (Å²) in [6.07, 6.45) is 3.29. The Morgan fingerprint density at radius 3 is 1.33 bits per heavy atom. The first-order valence-corrected chi connectivity index (χ1v) is 24.1. The van der Waals surface area contributed by atoms with E-state index in [0.717, 1.165) is 7.55 Å². The quantitative estimate of drug-likeness (QED) is 0.0627. The maximum absolute atomic E-state index is 9.38. The molecule has 2 N–H and O–H groups in total. The van der Waals surface area contributed by atoms with Gasteiger partial charge in [-0.3, -0.25) is 9.59 Å². The molecule has 0 heterocycles. The molecule has 0 saturated heterocycles. The molecule has 2 amide bonds. The monoisotopic (exact) mass is 809 g/mol. The van der Waals surface area contributed by atoms with Gasteiger partial charge in [-0.2, -0.15) is 12.1 Å². The van der Waals surface area contributed by atoms with Crippen molar-refractivity contribution < 1.29 is 30.4 Å². The van der Waals surface area contributed by atoms with Gasteiger partial charge in [-0.1, -0.05) is 100 Å². The van der Waals surface area contributed by atoms with Crippen LogP contribution in [-0.4, -0.2) is 20.4 Å². The summed E-state index contributed by atoms with van der Waals surface area (Å²) in [4.78, 5) is 18.8. The van der Waals surface area contributed by atoms with Crippen LogP contribution in [0.1, 0.15) is 85.8 Å². The molecule has 0 aliphatic rings. The zero-order valence-electron chi connectivity index (χ0n) is 31.6. The number of amides is 2. The first-order chi connectivity index (χ1) is 25.1. The number of hydrogen-bond acceptors (Lipinski definition) is 2. The van der Waals surface area contributed by atoms with Crippen molar-refractivity contribution in [2.24, 2.45) is 0 Å². The van der Waals surface area contributed by atoms with E-state index in [2.05, 4.69) is 163 Å². The average molecular weight is 812 g/mol. The molecule has 0 spiro atoms. The standard InChI is InChI=1S/2C21H23.C2H4BN2O2.2ClH.Zr/c2*1-5-14(2)18-12-17-9-7-11-20(21(17)13-18)19-10-6-8-15(3)16(19)4;6-1-4-3-5-2-7;;;/h2*6-14H,5H2,1-4H3;1-2H,(H,4,6)(H,5,7);2*1H;/q2*-1;;;;+4/p-2. The second-order valence-electron chi connectivity index (χ2n) is 13.1. The van der Waals surface area contributed by atoms with Gasteiger partial charge in [0.05, 0.1) is 0 Å². The summed E-state index contributed by atoms with van der Waals surface area (Å²) in [6, 6.07) is 36.0. The Hall–Kier alpha value is -3.43. The van der Waals surface area contributed by atoms with Crippen LogP contribution in [0.3, 0.4) is 0 Å². The molecule has 6 rings (SSSR count). The van der Waals surface area contributed by atoms with Gasteiger partial charge in [0.1, 0.15) is 0 Å². The van der Waals surface area contributed by atoms with Crippen LogP contribution in [-0.2, 0) is 30.4 Å². The van der Waals surface area contributed by atoms with E-state index in [9.17, 15) is 9.59 Å². The van der Waals surface area contributed by atoms with Gasteiger partial charge < -0.3 is 10.5 Å². The van der Waals surface area contributed by atoms with Crippen molar-refractivity contribution in [2.75, 3.05) is 0 Å². The average Bonchev–Trinajstić information content (AvgIpc) is 3.80. The van der Waals surface area contributed by atoms with E-state index in [1.165, 1.54) is 90.0 Å². The molecule has 0 bridgehead atoms. The van der Waals surface area contributed by atoms with Crippen molar-refractivity contribution in [2.45, 2.75) is 80.1 Å². The van der Waals surface area contributed by atoms with E-state index in [1.54, 1.807) is 0 Å². The van der Waals surface area contributed by atoms with Crippen LogP contribution in [0.15, 0.2) is 97.1 Å². The first-order valence-electron chi connectivity index (χ1n) is 17.8. The van der Waals surface area contributed by atoms with E-state index in [1.807, 2.05) is 0 Å². The maximum atomic E-state index is 9.38. The SMILES string of the molecule is CCC(C)c1cc2c(-c3cccc(C)c3C)cccc2[cH-]1.CCC(C)c1cc2c(-c3cccc(C)c3C)cccc2[cH-]1.O=CN[B]NC=O.[Cl][Zr+2][Cl]. The number of carbonyl (C=O) groups excluding carboxylic acids is 2. The second-order valence-corrected chi connectivity index (χ2v) is 16.8. The van der Waals surface area contributed by atoms with Crippen LogP contribution in [0, 0.1) is 27.7 Å². The third-order valence-electron chi connectivity index (χ3n) is 10.0. The van der Waals surface area contributed by atoms with Crippen LogP contribution >= 0.6 is 17.0 Å². The van der Waals surface area contributed by atoms with Gasteiger partial charge in [-0.25, -0.2) is 0 Å².